The van der Waals surface area contributed by atoms with E-state index in [0.29, 0.717) is 5.82 Å². The molecule has 1 rings (SSSR count). The van der Waals surface area contributed by atoms with Crippen LogP contribution < -0.4 is 0 Å². The van der Waals surface area contributed by atoms with Gasteiger partial charge in [-0.05, 0) is 12.8 Å². The van der Waals surface area contributed by atoms with E-state index in [1.807, 2.05) is 13.8 Å². The summed E-state index contributed by atoms with van der Waals surface area (Å²) in [6.45, 7) is 4.86. The highest BCUT2D eigenvalue weighted by Gasteiger charge is 2.28. The van der Waals surface area contributed by atoms with Gasteiger partial charge in [0.25, 0.3) is 10.0 Å². The molecule has 2 N–H and O–H groups in total. The van der Waals surface area contributed by atoms with Gasteiger partial charge >= 0.3 is 5.97 Å². The topological polar surface area (TPSA) is 103 Å². The third kappa shape index (κ3) is 3.54. The van der Waals surface area contributed by atoms with E-state index in [1.54, 1.807) is 6.92 Å². The largest absolute Gasteiger partial charge is 0.480 e. The first-order chi connectivity index (χ1) is 8.23. The molecule has 1 aromatic rings. The summed E-state index contributed by atoms with van der Waals surface area (Å²) in [6.07, 6.45) is 1.19. The molecular formula is C10H17N3O4S. The summed E-state index contributed by atoms with van der Waals surface area (Å²) < 4.78 is 25.4. The highest BCUT2D eigenvalue weighted by atomic mass is 32.2. The fourth-order valence-corrected chi connectivity index (χ4v) is 2.99. The molecule has 0 amide bonds. The van der Waals surface area contributed by atoms with Gasteiger partial charge in [0.05, 0.1) is 6.20 Å². The Labute approximate surface area is 106 Å². The first-order valence-electron chi connectivity index (χ1n) is 5.47. The first kappa shape index (κ1) is 14.7. The molecule has 0 aliphatic heterocycles. The van der Waals surface area contributed by atoms with Crippen LogP contribution in [0.4, 0.5) is 0 Å². The fraction of sp³-hybridized carbons (Fsp3) is 0.600. The number of rotatable bonds is 6. The van der Waals surface area contributed by atoms with E-state index in [4.69, 9.17) is 5.11 Å². The minimum absolute atomic E-state index is 0.0307. The van der Waals surface area contributed by atoms with Crippen LogP contribution in [0.3, 0.4) is 0 Å². The van der Waals surface area contributed by atoms with Crippen molar-refractivity contribution in [3.8, 4) is 0 Å². The van der Waals surface area contributed by atoms with Crippen LogP contribution in [0.2, 0.25) is 0 Å². The lowest BCUT2D eigenvalue weighted by atomic mass is 10.2. The summed E-state index contributed by atoms with van der Waals surface area (Å²) in [7, 11) is -3.84. The van der Waals surface area contributed by atoms with Gasteiger partial charge in [-0.25, -0.2) is 13.4 Å². The van der Waals surface area contributed by atoms with Crippen LogP contribution in [0.15, 0.2) is 11.2 Å². The van der Waals surface area contributed by atoms with Gasteiger partial charge in [0.2, 0.25) is 0 Å². The fourth-order valence-electron chi connectivity index (χ4n) is 1.47. The van der Waals surface area contributed by atoms with Gasteiger partial charge in [-0.1, -0.05) is 13.8 Å². The van der Waals surface area contributed by atoms with Crippen molar-refractivity contribution in [1.82, 2.24) is 14.3 Å². The average Bonchev–Trinajstić information content (AvgIpc) is 2.63. The van der Waals surface area contributed by atoms with Gasteiger partial charge < -0.3 is 10.1 Å². The van der Waals surface area contributed by atoms with Crippen LogP contribution in [-0.2, 0) is 14.8 Å². The van der Waals surface area contributed by atoms with E-state index in [9.17, 15) is 13.2 Å². The number of imidazole rings is 1. The molecule has 102 valence electrons. The van der Waals surface area contributed by atoms with Crippen molar-refractivity contribution in [1.29, 1.82) is 0 Å². The molecular weight excluding hydrogens is 258 g/mol. The molecule has 0 atom stereocenters. The standard InChI is InChI=1S/C10H17N3O4S/c1-7(2)5-13(6-10(14)15)18(16,17)9-4-11-8(3)12-9/h4,7H,5-6H2,1-3H3,(H,11,12)(H,14,15). The van der Waals surface area contributed by atoms with Gasteiger partial charge in [-0.3, -0.25) is 4.79 Å². The number of nitrogens with zero attached hydrogens (tertiary/aromatic N) is 2. The van der Waals surface area contributed by atoms with Crippen molar-refractivity contribution >= 4 is 16.0 Å². The molecule has 7 nitrogen and oxygen atoms in total. The zero-order valence-corrected chi connectivity index (χ0v) is 11.4. The minimum atomic E-state index is -3.84. The van der Waals surface area contributed by atoms with Crippen LogP contribution in [0.25, 0.3) is 0 Å². The van der Waals surface area contributed by atoms with Crippen molar-refractivity contribution in [2.75, 3.05) is 13.1 Å². The molecule has 0 aromatic carbocycles. The second-order valence-electron chi connectivity index (χ2n) is 4.42. The smallest absolute Gasteiger partial charge is 0.318 e. The monoisotopic (exact) mass is 275 g/mol. The second kappa shape index (κ2) is 5.49. The molecule has 8 heteroatoms. The van der Waals surface area contributed by atoms with Gasteiger partial charge in [-0.2, -0.15) is 4.31 Å². The van der Waals surface area contributed by atoms with Crippen LogP contribution in [0.1, 0.15) is 19.7 Å². The van der Waals surface area contributed by atoms with E-state index in [1.165, 1.54) is 6.20 Å². The quantitative estimate of drug-likeness (QED) is 0.784. The van der Waals surface area contributed by atoms with Crippen molar-refractivity contribution < 1.29 is 18.3 Å². The Kier molecular flexibility index (Phi) is 4.47. The summed E-state index contributed by atoms with van der Waals surface area (Å²) in [5.41, 5.74) is 0. The van der Waals surface area contributed by atoms with Crippen molar-refractivity contribution in [3.05, 3.63) is 12.0 Å². The Bertz CT molecular complexity index is 521. The summed E-state index contributed by atoms with van der Waals surface area (Å²) in [5.74, 6) is -0.688. The maximum absolute atomic E-state index is 12.2. The van der Waals surface area contributed by atoms with Gasteiger partial charge in [0.15, 0.2) is 5.03 Å². The van der Waals surface area contributed by atoms with Crippen LogP contribution in [0.5, 0.6) is 0 Å². The van der Waals surface area contributed by atoms with E-state index in [2.05, 4.69) is 9.97 Å². The summed E-state index contributed by atoms with van der Waals surface area (Å²) in [5, 5.41) is 8.70. The van der Waals surface area contributed by atoms with Gasteiger partial charge in [0, 0.05) is 6.54 Å². The van der Waals surface area contributed by atoms with Crippen molar-refractivity contribution in [3.63, 3.8) is 0 Å². The van der Waals surface area contributed by atoms with Crippen LogP contribution >= 0.6 is 0 Å². The molecule has 0 saturated heterocycles. The number of carboxylic acids is 1. The number of aliphatic carboxylic acids is 1. The maximum Gasteiger partial charge on any atom is 0.318 e. The number of H-pyrrole nitrogens is 1. The van der Waals surface area contributed by atoms with Gasteiger partial charge in [-0.15, -0.1) is 0 Å². The molecule has 0 spiro atoms. The van der Waals surface area contributed by atoms with Gasteiger partial charge in [0.1, 0.15) is 12.4 Å². The third-order valence-corrected chi connectivity index (χ3v) is 3.90. The summed E-state index contributed by atoms with van der Waals surface area (Å²) >= 11 is 0. The first-order valence-corrected chi connectivity index (χ1v) is 6.91. The lowest BCUT2D eigenvalue weighted by Gasteiger charge is -2.21. The second-order valence-corrected chi connectivity index (χ2v) is 6.32. The van der Waals surface area contributed by atoms with Crippen molar-refractivity contribution in [2.45, 2.75) is 25.8 Å². The average molecular weight is 275 g/mol. The van der Waals surface area contributed by atoms with E-state index >= 15 is 0 Å². The number of nitrogens with one attached hydrogen (secondary N) is 1. The highest BCUT2D eigenvalue weighted by molar-refractivity contribution is 7.89. The molecule has 1 heterocycles. The summed E-state index contributed by atoms with van der Waals surface area (Å²) in [6, 6.07) is 0. The predicted octanol–water partition coefficient (Wildman–Crippen LogP) is 0.449. The maximum atomic E-state index is 12.2. The minimum Gasteiger partial charge on any atom is -0.480 e. The SMILES string of the molecule is Cc1ncc(S(=O)(=O)N(CC(=O)O)CC(C)C)[nH]1. The predicted molar refractivity (Wildman–Crippen MR) is 64.6 cm³/mol. The van der Waals surface area contributed by atoms with Crippen molar-refractivity contribution in [2.24, 2.45) is 5.92 Å². The number of carbonyl (C=O) groups is 1. The summed E-state index contributed by atoms with van der Waals surface area (Å²) in [4.78, 5) is 17.2. The lowest BCUT2D eigenvalue weighted by Crippen LogP contribution is -2.38. The highest BCUT2D eigenvalue weighted by Crippen LogP contribution is 2.14. The number of aromatic nitrogens is 2. The van der Waals surface area contributed by atoms with E-state index in [-0.39, 0.29) is 17.5 Å². The lowest BCUT2D eigenvalue weighted by molar-refractivity contribution is -0.137. The molecule has 0 radical (unpaired) electrons. The molecule has 0 aliphatic carbocycles. The van der Waals surface area contributed by atoms with Crippen LogP contribution in [0, 0.1) is 12.8 Å². The van der Waals surface area contributed by atoms with E-state index < -0.39 is 22.5 Å². The molecule has 0 unspecified atom stereocenters. The number of aryl methyl sites for hydroxylation is 1. The Balaban J connectivity index is 3.06. The zero-order valence-electron chi connectivity index (χ0n) is 10.5. The molecule has 0 bridgehead atoms. The normalized spacial score (nSPS) is 12.3. The molecule has 0 saturated carbocycles. The Morgan fingerprint density at radius 2 is 2.17 bits per heavy atom. The molecule has 1 aromatic heterocycles. The number of aromatic amines is 1. The third-order valence-electron chi connectivity index (χ3n) is 2.18. The Morgan fingerprint density at radius 3 is 2.56 bits per heavy atom. The number of hydrogen-bond donors (Lipinski definition) is 2. The van der Waals surface area contributed by atoms with E-state index in [0.717, 1.165) is 4.31 Å². The molecule has 18 heavy (non-hydrogen) atoms. The number of hydrogen-bond acceptors (Lipinski definition) is 4. The Morgan fingerprint density at radius 1 is 1.56 bits per heavy atom. The molecule has 0 fully saturated rings. The zero-order chi connectivity index (χ0) is 13.9. The molecule has 0 aliphatic rings. The number of carboxylic acid groups (broad SMARTS) is 1. The van der Waals surface area contributed by atoms with Crippen LogP contribution in [-0.4, -0.2) is 46.9 Å². The number of sulfonamides is 1. The Hall–Kier alpha value is -1.41.